The summed E-state index contributed by atoms with van der Waals surface area (Å²) in [6.07, 6.45) is 3.49. The molecular formula is C10H18N2O. The summed E-state index contributed by atoms with van der Waals surface area (Å²) in [5.74, 6) is 1.01. The molecule has 1 saturated heterocycles. The van der Waals surface area contributed by atoms with Crippen molar-refractivity contribution in [3.8, 4) is 0 Å². The van der Waals surface area contributed by atoms with Gasteiger partial charge in [-0.25, -0.2) is 0 Å². The monoisotopic (exact) mass is 182 g/mol. The van der Waals surface area contributed by atoms with Crippen molar-refractivity contribution in [2.24, 2.45) is 11.8 Å². The molecule has 3 heteroatoms. The normalized spacial score (nSPS) is 34.2. The van der Waals surface area contributed by atoms with Crippen LogP contribution >= 0.6 is 0 Å². The number of hydrogen-bond acceptors (Lipinski definition) is 2. The minimum absolute atomic E-state index is 0.203. The van der Waals surface area contributed by atoms with Crippen molar-refractivity contribution in [3.63, 3.8) is 0 Å². The van der Waals surface area contributed by atoms with E-state index in [1.54, 1.807) is 0 Å². The van der Waals surface area contributed by atoms with Gasteiger partial charge in [-0.05, 0) is 31.7 Å². The number of amides is 1. The van der Waals surface area contributed by atoms with Gasteiger partial charge in [-0.15, -0.1) is 0 Å². The third kappa shape index (κ3) is 2.21. The first-order valence-corrected chi connectivity index (χ1v) is 5.28. The lowest BCUT2D eigenvalue weighted by Crippen LogP contribution is -2.45. The van der Waals surface area contributed by atoms with Gasteiger partial charge in [-0.1, -0.05) is 6.92 Å². The zero-order chi connectivity index (χ0) is 9.26. The molecule has 0 aromatic heterocycles. The van der Waals surface area contributed by atoms with Crippen LogP contribution in [0.1, 0.15) is 26.2 Å². The Bertz CT molecular complexity index is 201. The van der Waals surface area contributed by atoms with Crippen LogP contribution in [-0.2, 0) is 4.79 Å². The lowest BCUT2D eigenvalue weighted by molar-refractivity contribution is -0.127. The highest BCUT2D eigenvalue weighted by Crippen LogP contribution is 2.22. The van der Waals surface area contributed by atoms with Crippen LogP contribution in [-0.4, -0.2) is 25.0 Å². The van der Waals surface area contributed by atoms with E-state index in [2.05, 4.69) is 17.6 Å². The predicted octanol–water partition coefficient (Wildman–Crippen LogP) is 0.511. The molecule has 2 N–H and O–H groups in total. The van der Waals surface area contributed by atoms with Crippen molar-refractivity contribution in [2.45, 2.75) is 32.2 Å². The van der Waals surface area contributed by atoms with Gasteiger partial charge in [-0.3, -0.25) is 4.79 Å². The van der Waals surface area contributed by atoms with Gasteiger partial charge in [0.1, 0.15) is 0 Å². The van der Waals surface area contributed by atoms with Crippen LogP contribution in [0.4, 0.5) is 0 Å². The summed E-state index contributed by atoms with van der Waals surface area (Å²) in [6, 6.07) is 0.502. The Labute approximate surface area is 79.3 Å². The van der Waals surface area contributed by atoms with Gasteiger partial charge < -0.3 is 10.6 Å². The lowest BCUT2D eigenvalue weighted by Gasteiger charge is -2.28. The van der Waals surface area contributed by atoms with Crippen molar-refractivity contribution >= 4 is 5.91 Å². The van der Waals surface area contributed by atoms with E-state index in [1.165, 1.54) is 12.8 Å². The van der Waals surface area contributed by atoms with E-state index in [9.17, 15) is 4.79 Å². The van der Waals surface area contributed by atoms with Crippen molar-refractivity contribution in [2.75, 3.05) is 13.1 Å². The quantitative estimate of drug-likeness (QED) is 0.653. The Morgan fingerprint density at radius 1 is 1.38 bits per heavy atom. The Morgan fingerprint density at radius 2 is 2.15 bits per heavy atom. The molecule has 2 rings (SSSR count). The van der Waals surface area contributed by atoms with E-state index in [-0.39, 0.29) is 11.8 Å². The maximum atomic E-state index is 11.7. The Balaban J connectivity index is 1.85. The fraction of sp³-hybridized carbons (Fsp3) is 0.900. The highest BCUT2D eigenvalue weighted by atomic mass is 16.2. The van der Waals surface area contributed by atoms with E-state index in [4.69, 9.17) is 0 Å². The van der Waals surface area contributed by atoms with Crippen LogP contribution in [0, 0.1) is 11.8 Å². The van der Waals surface area contributed by atoms with Crippen LogP contribution < -0.4 is 10.6 Å². The molecule has 2 fully saturated rings. The molecule has 0 aromatic rings. The van der Waals surface area contributed by atoms with E-state index >= 15 is 0 Å². The van der Waals surface area contributed by atoms with Gasteiger partial charge in [0, 0.05) is 12.6 Å². The third-order valence-corrected chi connectivity index (χ3v) is 3.09. The molecule has 1 aliphatic carbocycles. The van der Waals surface area contributed by atoms with Crippen molar-refractivity contribution < 1.29 is 4.79 Å². The van der Waals surface area contributed by atoms with Gasteiger partial charge in [0.05, 0.1) is 5.92 Å². The number of carbonyl (C=O) groups is 1. The van der Waals surface area contributed by atoms with Gasteiger partial charge in [0.25, 0.3) is 0 Å². The maximum Gasteiger partial charge on any atom is 0.224 e. The second-order valence-corrected chi connectivity index (χ2v) is 4.36. The first-order valence-electron chi connectivity index (χ1n) is 5.28. The molecular weight excluding hydrogens is 164 g/mol. The molecule has 13 heavy (non-hydrogen) atoms. The first kappa shape index (κ1) is 9.00. The second kappa shape index (κ2) is 3.66. The third-order valence-electron chi connectivity index (χ3n) is 3.09. The maximum absolute atomic E-state index is 11.7. The fourth-order valence-electron chi connectivity index (χ4n) is 1.88. The summed E-state index contributed by atoms with van der Waals surface area (Å²) in [5.41, 5.74) is 0. The molecule has 2 aliphatic rings. The topological polar surface area (TPSA) is 41.1 Å². The van der Waals surface area contributed by atoms with Gasteiger partial charge in [0.15, 0.2) is 0 Å². The van der Waals surface area contributed by atoms with E-state index in [0.29, 0.717) is 12.0 Å². The Hall–Kier alpha value is -0.570. The zero-order valence-corrected chi connectivity index (χ0v) is 8.18. The average molecular weight is 182 g/mol. The van der Waals surface area contributed by atoms with Crippen LogP contribution in [0.3, 0.4) is 0 Å². The van der Waals surface area contributed by atoms with Gasteiger partial charge in [-0.2, -0.15) is 0 Å². The number of nitrogens with one attached hydrogen (secondary N) is 2. The van der Waals surface area contributed by atoms with E-state index in [0.717, 1.165) is 19.5 Å². The summed E-state index contributed by atoms with van der Waals surface area (Å²) < 4.78 is 0. The van der Waals surface area contributed by atoms with E-state index in [1.807, 2.05) is 0 Å². The van der Waals surface area contributed by atoms with Gasteiger partial charge >= 0.3 is 0 Å². The Kier molecular flexibility index (Phi) is 2.54. The van der Waals surface area contributed by atoms with Crippen LogP contribution in [0.5, 0.6) is 0 Å². The molecule has 1 saturated carbocycles. The molecule has 0 radical (unpaired) electrons. The summed E-state index contributed by atoms with van der Waals surface area (Å²) >= 11 is 0. The SMILES string of the molecule is CC1CCNCC1C(=O)NC1CC1. The summed E-state index contributed by atoms with van der Waals surface area (Å²) in [6.45, 7) is 4.10. The van der Waals surface area contributed by atoms with Crippen LogP contribution in [0.25, 0.3) is 0 Å². The largest absolute Gasteiger partial charge is 0.353 e. The standard InChI is InChI=1S/C10H18N2O/c1-7-4-5-11-6-9(7)10(13)12-8-2-3-8/h7-9,11H,2-6H2,1H3,(H,12,13). The molecule has 1 amide bonds. The van der Waals surface area contributed by atoms with Crippen LogP contribution in [0.2, 0.25) is 0 Å². The summed E-state index contributed by atoms with van der Waals surface area (Å²) in [4.78, 5) is 11.7. The molecule has 1 heterocycles. The van der Waals surface area contributed by atoms with Crippen molar-refractivity contribution in [3.05, 3.63) is 0 Å². The molecule has 2 atom stereocenters. The fourth-order valence-corrected chi connectivity index (χ4v) is 1.88. The number of rotatable bonds is 2. The molecule has 3 nitrogen and oxygen atoms in total. The molecule has 0 bridgehead atoms. The second-order valence-electron chi connectivity index (χ2n) is 4.36. The number of carbonyl (C=O) groups excluding carboxylic acids is 1. The minimum atomic E-state index is 0.203. The smallest absolute Gasteiger partial charge is 0.224 e. The number of piperidine rings is 1. The molecule has 1 aliphatic heterocycles. The Morgan fingerprint density at radius 3 is 2.77 bits per heavy atom. The van der Waals surface area contributed by atoms with Crippen LogP contribution in [0.15, 0.2) is 0 Å². The van der Waals surface area contributed by atoms with Gasteiger partial charge in [0.2, 0.25) is 5.91 Å². The summed E-state index contributed by atoms with van der Waals surface area (Å²) in [7, 11) is 0. The molecule has 0 spiro atoms. The number of hydrogen-bond donors (Lipinski definition) is 2. The van der Waals surface area contributed by atoms with Crippen molar-refractivity contribution in [1.29, 1.82) is 0 Å². The predicted molar refractivity (Wildman–Crippen MR) is 51.3 cm³/mol. The highest BCUT2D eigenvalue weighted by molar-refractivity contribution is 5.79. The lowest BCUT2D eigenvalue weighted by atomic mass is 9.87. The molecule has 74 valence electrons. The van der Waals surface area contributed by atoms with E-state index < -0.39 is 0 Å². The zero-order valence-electron chi connectivity index (χ0n) is 8.18. The first-order chi connectivity index (χ1) is 6.27. The average Bonchev–Trinajstić information content (AvgIpc) is 2.89. The molecule has 2 unspecified atom stereocenters. The highest BCUT2D eigenvalue weighted by Gasteiger charge is 2.31. The minimum Gasteiger partial charge on any atom is -0.353 e. The van der Waals surface area contributed by atoms with Crippen molar-refractivity contribution in [1.82, 2.24) is 10.6 Å². The molecule has 0 aromatic carbocycles. The summed E-state index contributed by atoms with van der Waals surface area (Å²) in [5, 5.41) is 6.35.